The Bertz CT molecular complexity index is 557. The fraction of sp³-hybridized carbons (Fsp3) is 0.556. The molecule has 0 saturated heterocycles. The Hall–Kier alpha value is -1.69. The predicted octanol–water partition coefficient (Wildman–Crippen LogP) is 3.72. The fourth-order valence-electron chi connectivity index (χ4n) is 2.51. The molecular weight excluding hydrogens is 326 g/mol. The third kappa shape index (κ3) is 5.74. The van der Waals surface area contributed by atoms with Gasteiger partial charge in [0.05, 0.1) is 7.11 Å². The molecule has 24 heavy (non-hydrogen) atoms. The van der Waals surface area contributed by atoms with Crippen molar-refractivity contribution in [3.63, 3.8) is 0 Å². The molecule has 5 nitrogen and oxygen atoms in total. The maximum Gasteiger partial charge on any atom is 0.417 e. The minimum absolute atomic E-state index is 0.326. The van der Waals surface area contributed by atoms with Crippen LogP contribution < -0.4 is 4.72 Å². The molecule has 0 aliphatic heterocycles. The van der Waals surface area contributed by atoms with Crippen molar-refractivity contribution in [3.8, 4) is 0 Å². The third-order valence-electron chi connectivity index (χ3n) is 3.92. The number of carbonyl (C=O) groups is 2. The van der Waals surface area contributed by atoms with Crippen molar-refractivity contribution in [2.24, 2.45) is 5.92 Å². The van der Waals surface area contributed by atoms with Crippen molar-refractivity contribution >= 4 is 24.0 Å². The van der Waals surface area contributed by atoms with E-state index in [0.717, 1.165) is 36.8 Å². The third-order valence-corrected chi connectivity index (χ3v) is 4.87. The quantitative estimate of drug-likeness (QED) is 0.571. The largest absolute Gasteiger partial charge is 0.468 e. The van der Waals surface area contributed by atoms with Gasteiger partial charge in [-0.1, -0.05) is 44.2 Å². The van der Waals surface area contributed by atoms with Gasteiger partial charge in [0.25, 0.3) is 0 Å². The van der Waals surface area contributed by atoms with E-state index < -0.39 is 16.9 Å². The molecule has 1 amide bonds. The number of hydrogen-bond acceptors (Lipinski definition) is 5. The number of benzene rings is 1. The van der Waals surface area contributed by atoms with Crippen LogP contribution in [0.1, 0.15) is 38.7 Å². The van der Waals surface area contributed by atoms with E-state index in [1.807, 2.05) is 44.2 Å². The van der Waals surface area contributed by atoms with Crippen LogP contribution in [0.4, 0.5) is 4.79 Å². The Kier molecular flexibility index (Phi) is 6.54. The summed E-state index contributed by atoms with van der Waals surface area (Å²) in [5.74, 6) is -0.00769. The lowest BCUT2D eigenvalue weighted by Gasteiger charge is -2.19. The van der Waals surface area contributed by atoms with Gasteiger partial charge < -0.3 is 9.47 Å². The normalized spacial score (nSPS) is 16.3. The van der Waals surface area contributed by atoms with Crippen molar-refractivity contribution < 1.29 is 19.1 Å². The molecule has 1 N–H and O–H groups in total. The predicted molar refractivity (Wildman–Crippen MR) is 94.6 cm³/mol. The Morgan fingerprint density at radius 2 is 1.92 bits per heavy atom. The van der Waals surface area contributed by atoms with E-state index in [1.54, 1.807) is 0 Å². The first-order valence-corrected chi connectivity index (χ1v) is 9.08. The van der Waals surface area contributed by atoms with Gasteiger partial charge in [-0.05, 0) is 42.7 Å². The summed E-state index contributed by atoms with van der Waals surface area (Å²) in [4.78, 5) is 23.8. The maximum absolute atomic E-state index is 12.1. The average molecular weight is 351 g/mol. The van der Waals surface area contributed by atoms with Crippen molar-refractivity contribution in [1.82, 2.24) is 4.72 Å². The second-order valence-electron chi connectivity index (χ2n) is 6.60. The summed E-state index contributed by atoms with van der Waals surface area (Å²) in [7, 11) is 1.35. The van der Waals surface area contributed by atoms with Crippen LogP contribution in [0.15, 0.2) is 30.3 Å². The summed E-state index contributed by atoms with van der Waals surface area (Å²) in [6, 6.07) is 10.00. The summed E-state index contributed by atoms with van der Waals surface area (Å²) >= 11 is 1.07. The van der Waals surface area contributed by atoms with E-state index in [9.17, 15) is 9.59 Å². The summed E-state index contributed by atoms with van der Waals surface area (Å²) in [5.41, 5.74) is 0.757. The van der Waals surface area contributed by atoms with E-state index in [0.29, 0.717) is 12.3 Å². The molecule has 1 saturated carbocycles. The molecule has 1 atom stereocenters. The highest BCUT2D eigenvalue weighted by molar-refractivity contribution is 7.99. The first kappa shape index (κ1) is 18.6. The summed E-state index contributed by atoms with van der Waals surface area (Å²) in [6.45, 7) is 4.04. The van der Waals surface area contributed by atoms with Crippen molar-refractivity contribution in [2.45, 2.75) is 50.4 Å². The number of ether oxygens (including phenoxy) is 2. The maximum atomic E-state index is 12.1. The van der Waals surface area contributed by atoms with Crippen LogP contribution in [0.2, 0.25) is 0 Å². The van der Waals surface area contributed by atoms with Crippen LogP contribution in [0.5, 0.6) is 0 Å². The number of hydrogen-bond donors (Lipinski definition) is 1. The molecule has 0 bridgehead atoms. The van der Waals surface area contributed by atoms with Crippen LogP contribution in [0, 0.1) is 5.92 Å². The van der Waals surface area contributed by atoms with Crippen molar-refractivity contribution in [2.75, 3.05) is 7.11 Å². The number of methoxy groups -OCH3 is 1. The zero-order valence-electron chi connectivity index (χ0n) is 14.4. The highest BCUT2D eigenvalue weighted by atomic mass is 32.2. The lowest BCUT2D eigenvalue weighted by molar-refractivity contribution is -0.140. The second kappa shape index (κ2) is 8.42. The highest BCUT2D eigenvalue weighted by Gasteiger charge is 2.47. The molecule has 0 unspecified atom stereocenters. The van der Waals surface area contributed by atoms with E-state index in [-0.39, 0.29) is 5.97 Å². The number of rotatable bonds is 8. The molecule has 0 radical (unpaired) electrons. The lowest BCUT2D eigenvalue weighted by Crippen LogP contribution is -2.31. The van der Waals surface area contributed by atoms with Gasteiger partial charge in [-0.3, -0.25) is 9.52 Å². The summed E-state index contributed by atoms with van der Waals surface area (Å²) < 4.78 is 13.0. The molecular formula is C18H25NO4S. The van der Waals surface area contributed by atoms with Gasteiger partial charge in [-0.25, -0.2) is 4.79 Å². The lowest BCUT2D eigenvalue weighted by atomic mass is 10.1. The van der Waals surface area contributed by atoms with Gasteiger partial charge in [-0.15, -0.1) is 0 Å². The Morgan fingerprint density at radius 1 is 1.25 bits per heavy atom. The van der Waals surface area contributed by atoms with Gasteiger partial charge in [0.2, 0.25) is 0 Å². The van der Waals surface area contributed by atoms with Gasteiger partial charge in [-0.2, -0.15) is 0 Å². The zero-order valence-corrected chi connectivity index (χ0v) is 15.2. The topological polar surface area (TPSA) is 64.6 Å². The fourth-order valence-corrected chi connectivity index (χ4v) is 3.46. The number of esters is 1. The zero-order chi connectivity index (χ0) is 17.6. The summed E-state index contributed by atoms with van der Waals surface area (Å²) in [6.07, 6.45) is 2.59. The van der Waals surface area contributed by atoms with E-state index in [2.05, 4.69) is 4.72 Å². The van der Waals surface area contributed by atoms with Gasteiger partial charge in [0.15, 0.2) is 0 Å². The SMILES string of the molecule is COC(=O)[C@H](CC(C)C)SNC(=O)OC1(Cc2ccccc2)CC1. The van der Waals surface area contributed by atoms with Crippen LogP contribution in [0.3, 0.4) is 0 Å². The van der Waals surface area contributed by atoms with E-state index >= 15 is 0 Å². The monoisotopic (exact) mass is 351 g/mol. The second-order valence-corrected chi connectivity index (χ2v) is 7.61. The molecule has 1 aliphatic carbocycles. The molecule has 2 rings (SSSR count). The molecule has 1 aliphatic rings. The first-order chi connectivity index (χ1) is 11.4. The Labute approximate surface area is 147 Å². The van der Waals surface area contributed by atoms with Crippen molar-refractivity contribution in [1.29, 1.82) is 0 Å². The molecule has 0 heterocycles. The van der Waals surface area contributed by atoms with Crippen LogP contribution in [-0.4, -0.2) is 30.0 Å². The number of carbonyl (C=O) groups excluding carboxylic acids is 2. The molecule has 1 aromatic rings. The number of nitrogens with one attached hydrogen (secondary N) is 1. The minimum Gasteiger partial charge on any atom is -0.468 e. The summed E-state index contributed by atoms with van der Waals surface area (Å²) in [5, 5.41) is -0.424. The molecule has 132 valence electrons. The van der Waals surface area contributed by atoms with Crippen LogP contribution in [0.25, 0.3) is 0 Å². The highest BCUT2D eigenvalue weighted by Crippen LogP contribution is 2.42. The minimum atomic E-state index is -0.494. The van der Waals surface area contributed by atoms with Crippen LogP contribution in [-0.2, 0) is 20.7 Å². The molecule has 1 aromatic carbocycles. The molecule has 0 aromatic heterocycles. The van der Waals surface area contributed by atoms with Gasteiger partial charge in [0.1, 0.15) is 10.9 Å². The molecule has 1 fully saturated rings. The smallest absolute Gasteiger partial charge is 0.417 e. The van der Waals surface area contributed by atoms with E-state index in [4.69, 9.17) is 9.47 Å². The molecule has 0 spiro atoms. The first-order valence-electron chi connectivity index (χ1n) is 8.20. The van der Waals surface area contributed by atoms with Gasteiger partial charge in [0, 0.05) is 6.42 Å². The Morgan fingerprint density at radius 3 is 2.46 bits per heavy atom. The Balaban J connectivity index is 1.82. The average Bonchev–Trinajstić information content (AvgIpc) is 3.30. The van der Waals surface area contributed by atoms with Crippen LogP contribution >= 0.6 is 11.9 Å². The molecule has 6 heteroatoms. The standard InChI is InChI=1S/C18H25NO4S/c1-13(2)11-15(16(20)22-3)24-19-17(21)23-18(9-10-18)12-14-7-5-4-6-8-14/h4-8,13,15H,9-12H2,1-3H3,(H,19,21)/t15-/m0/s1. The van der Waals surface area contributed by atoms with E-state index in [1.165, 1.54) is 7.11 Å². The van der Waals surface area contributed by atoms with Crippen molar-refractivity contribution in [3.05, 3.63) is 35.9 Å². The van der Waals surface area contributed by atoms with Gasteiger partial charge >= 0.3 is 12.1 Å². The number of amides is 1.